The van der Waals surface area contributed by atoms with Gasteiger partial charge in [0.05, 0.1) is 17.1 Å². The summed E-state index contributed by atoms with van der Waals surface area (Å²) in [5, 5.41) is 20.0. The van der Waals surface area contributed by atoms with Crippen molar-refractivity contribution in [3.8, 4) is 11.5 Å². The first-order chi connectivity index (χ1) is 9.49. The second-order valence-corrected chi connectivity index (χ2v) is 4.63. The van der Waals surface area contributed by atoms with E-state index in [-0.39, 0.29) is 11.3 Å². The molecule has 5 nitrogen and oxygen atoms in total. The van der Waals surface area contributed by atoms with E-state index in [1.807, 2.05) is 32.0 Å². The van der Waals surface area contributed by atoms with Gasteiger partial charge >= 0.3 is 0 Å². The van der Waals surface area contributed by atoms with Crippen molar-refractivity contribution in [3.05, 3.63) is 63.2 Å². The average Bonchev–Trinajstić information content (AvgIpc) is 2.37. The van der Waals surface area contributed by atoms with Crippen LogP contribution >= 0.6 is 0 Å². The van der Waals surface area contributed by atoms with Crippen LogP contribution in [0.5, 0.6) is 11.5 Å². The summed E-state index contributed by atoms with van der Waals surface area (Å²) >= 11 is 0. The Morgan fingerprint density at radius 2 is 1.75 bits per heavy atom. The van der Waals surface area contributed by atoms with E-state index in [9.17, 15) is 15.2 Å². The van der Waals surface area contributed by atoms with Gasteiger partial charge in [-0.05, 0) is 49.2 Å². The molecule has 2 aromatic carbocycles. The molecule has 20 heavy (non-hydrogen) atoms. The number of aliphatic hydroxyl groups excluding tert-OH is 1. The zero-order valence-corrected chi connectivity index (χ0v) is 11.3. The fraction of sp³-hybridized carbons (Fsp3) is 0.200. The molecule has 0 amide bonds. The van der Waals surface area contributed by atoms with Crippen molar-refractivity contribution in [1.82, 2.24) is 0 Å². The van der Waals surface area contributed by atoms with Gasteiger partial charge in [0.15, 0.2) is 0 Å². The highest BCUT2D eigenvalue weighted by Crippen LogP contribution is 2.28. The van der Waals surface area contributed by atoms with Crippen LogP contribution in [-0.4, -0.2) is 10.0 Å². The molecular weight excluding hydrogens is 258 g/mol. The van der Waals surface area contributed by atoms with Crippen LogP contribution < -0.4 is 4.74 Å². The minimum atomic E-state index is -0.522. The highest BCUT2D eigenvalue weighted by atomic mass is 16.6. The van der Waals surface area contributed by atoms with E-state index >= 15 is 0 Å². The lowest BCUT2D eigenvalue weighted by atomic mass is 10.1. The first-order valence-corrected chi connectivity index (χ1v) is 6.14. The van der Waals surface area contributed by atoms with Crippen molar-refractivity contribution in [3.63, 3.8) is 0 Å². The van der Waals surface area contributed by atoms with Crippen molar-refractivity contribution in [2.75, 3.05) is 0 Å². The summed E-state index contributed by atoms with van der Waals surface area (Å²) in [6.07, 6.45) is 0. The minimum Gasteiger partial charge on any atom is -0.457 e. The van der Waals surface area contributed by atoms with Gasteiger partial charge in [-0.2, -0.15) is 0 Å². The number of aliphatic hydroxyl groups is 1. The van der Waals surface area contributed by atoms with Gasteiger partial charge < -0.3 is 9.84 Å². The zero-order chi connectivity index (χ0) is 14.7. The lowest BCUT2D eigenvalue weighted by Gasteiger charge is -2.09. The van der Waals surface area contributed by atoms with E-state index < -0.39 is 11.5 Å². The van der Waals surface area contributed by atoms with Crippen LogP contribution in [0.4, 0.5) is 5.69 Å². The maximum absolute atomic E-state index is 10.8. The normalized spacial score (nSPS) is 10.3. The van der Waals surface area contributed by atoms with Crippen molar-refractivity contribution < 1.29 is 14.8 Å². The Morgan fingerprint density at radius 3 is 2.30 bits per heavy atom. The molecule has 0 atom stereocenters. The molecule has 0 saturated heterocycles. The fourth-order valence-corrected chi connectivity index (χ4v) is 2.06. The van der Waals surface area contributed by atoms with Gasteiger partial charge in [0, 0.05) is 6.07 Å². The monoisotopic (exact) mass is 273 g/mol. The third kappa shape index (κ3) is 3.13. The van der Waals surface area contributed by atoms with Crippen LogP contribution in [0, 0.1) is 24.0 Å². The summed E-state index contributed by atoms with van der Waals surface area (Å²) in [4.78, 5) is 10.3. The van der Waals surface area contributed by atoms with Crippen LogP contribution in [0.2, 0.25) is 0 Å². The van der Waals surface area contributed by atoms with Crippen LogP contribution in [0.1, 0.15) is 16.7 Å². The molecular formula is C15H15NO4. The largest absolute Gasteiger partial charge is 0.457 e. The topological polar surface area (TPSA) is 72.6 Å². The smallest absolute Gasteiger partial charge is 0.275 e. The number of hydrogen-bond acceptors (Lipinski definition) is 4. The number of nitro benzene ring substituents is 1. The molecule has 5 heteroatoms. The maximum atomic E-state index is 10.8. The van der Waals surface area contributed by atoms with Crippen molar-refractivity contribution in [2.45, 2.75) is 20.5 Å². The molecule has 0 bridgehead atoms. The average molecular weight is 273 g/mol. The fourth-order valence-electron chi connectivity index (χ4n) is 2.06. The van der Waals surface area contributed by atoms with Gasteiger partial charge in [0.1, 0.15) is 11.5 Å². The standard InChI is InChI=1S/C15H15NO4/c1-10-5-11(2)7-14(6-10)20-13-3-4-15(16(18)19)12(8-13)9-17/h3-8,17H,9H2,1-2H3. The predicted molar refractivity (Wildman–Crippen MR) is 75.0 cm³/mol. The number of aryl methyl sites for hydroxylation is 2. The molecule has 0 aromatic heterocycles. The lowest BCUT2D eigenvalue weighted by molar-refractivity contribution is -0.385. The van der Waals surface area contributed by atoms with E-state index in [1.54, 1.807) is 0 Å². The van der Waals surface area contributed by atoms with E-state index in [0.29, 0.717) is 11.5 Å². The highest BCUT2D eigenvalue weighted by Gasteiger charge is 2.14. The van der Waals surface area contributed by atoms with E-state index in [1.165, 1.54) is 18.2 Å². The number of hydrogen-bond donors (Lipinski definition) is 1. The Balaban J connectivity index is 2.32. The van der Waals surface area contributed by atoms with E-state index in [2.05, 4.69) is 0 Å². The number of nitro groups is 1. The SMILES string of the molecule is Cc1cc(C)cc(Oc2ccc([N+](=O)[O-])c(CO)c2)c1. The minimum absolute atomic E-state index is 0.111. The Hall–Kier alpha value is -2.40. The van der Waals surface area contributed by atoms with E-state index in [4.69, 9.17) is 4.74 Å². The van der Waals surface area contributed by atoms with Crippen LogP contribution in [0.15, 0.2) is 36.4 Å². The second-order valence-electron chi connectivity index (χ2n) is 4.63. The van der Waals surface area contributed by atoms with Crippen molar-refractivity contribution in [2.24, 2.45) is 0 Å². The van der Waals surface area contributed by atoms with Crippen LogP contribution in [0.3, 0.4) is 0 Å². The van der Waals surface area contributed by atoms with Gasteiger partial charge in [-0.1, -0.05) is 6.07 Å². The number of benzene rings is 2. The molecule has 0 aliphatic carbocycles. The summed E-state index contributed by atoms with van der Waals surface area (Å²) < 4.78 is 5.68. The third-order valence-electron chi connectivity index (χ3n) is 2.85. The summed E-state index contributed by atoms with van der Waals surface area (Å²) in [6, 6.07) is 10.1. The Morgan fingerprint density at radius 1 is 1.10 bits per heavy atom. The van der Waals surface area contributed by atoms with Crippen LogP contribution in [0.25, 0.3) is 0 Å². The summed E-state index contributed by atoms with van der Waals surface area (Å²) in [5.41, 5.74) is 2.27. The Labute approximate surface area is 116 Å². The molecule has 0 unspecified atom stereocenters. The molecule has 104 valence electrons. The first kappa shape index (κ1) is 14.0. The number of rotatable bonds is 4. The molecule has 0 fully saturated rings. The maximum Gasteiger partial charge on any atom is 0.275 e. The van der Waals surface area contributed by atoms with Gasteiger partial charge in [-0.15, -0.1) is 0 Å². The molecule has 1 N–H and O–H groups in total. The Bertz CT molecular complexity index is 632. The highest BCUT2D eigenvalue weighted by molar-refractivity contribution is 5.46. The summed E-state index contributed by atoms with van der Waals surface area (Å²) in [7, 11) is 0. The van der Waals surface area contributed by atoms with Crippen LogP contribution in [-0.2, 0) is 6.61 Å². The molecule has 0 aliphatic heterocycles. The number of nitrogens with zero attached hydrogens (tertiary/aromatic N) is 1. The second kappa shape index (κ2) is 5.71. The van der Waals surface area contributed by atoms with Crippen molar-refractivity contribution >= 4 is 5.69 Å². The molecule has 0 radical (unpaired) electrons. The Kier molecular flexibility index (Phi) is 4.00. The van der Waals surface area contributed by atoms with E-state index in [0.717, 1.165) is 11.1 Å². The first-order valence-electron chi connectivity index (χ1n) is 6.14. The molecule has 0 aliphatic rings. The van der Waals surface area contributed by atoms with Gasteiger partial charge in [0.2, 0.25) is 0 Å². The summed E-state index contributed by atoms with van der Waals surface area (Å²) in [5.74, 6) is 1.13. The molecule has 0 heterocycles. The van der Waals surface area contributed by atoms with Gasteiger partial charge in [0.25, 0.3) is 5.69 Å². The quantitative estimate of drug-likeness (QED) is 0.683. The van der Waals surface area contributed by atoms with Crippen molar-refractivity contribution in [1.29, 1.82) is 0 Å². The predicted octanol–water partition coefficient (Wildman–Crippen LogP) is 3.50. The zero-order valence-electron chi connectivity index (χ0n) is 11.3. The van der Waals surface area contributed by atoms with Gasteiger partial charge in [-0.25, -0.2) is 0 Å². The summed E-state index contributed by atoms with van der Waals surface area (Å²) in [6.45, 7) is 3.53. The van der Waals surface area contributed by atoms with Gasteiger partial charge in [-0.3, -0.25) is 10.1 Å². The molecule has 2 rings (SSSR count). The molecule has 0 spiro atoms. The lowest BCUT2D eigenvalue weighted by Crippen LogP contribution is -1.96. The third-order valence-corrected chi connectivity index (χ3v) is 2.85. The molecule has 0 saturated carbocycles. The number of ether oxygens (including phenoxy) is 1. The molecule has 2 aromatic rings.